The van der Waals surface area contributed by atoms with Crippen LogP contribution in [0.4, 0.5) is 12.9 Å². The van der Waals surface area contributed by atoms with Crippen LogP contribution in [-0.4, -0.2) is 13.1 Å². The Labute approximate surface area is 100 Å². The molecule has 0 atom stereocenters. The van der Waals surface area contributed by atoms with Gasteiger partial charge in [0.1, 0.15) is 5.75 Å². The highest BCUT2D eigenvalue weighted by atomic mass is 19.4. The highest BCUT2D eigenvalue weighted by Crippen LogP contribution is 2.19. The molecule has 0 aromatic heterocycles. The van der Waals surface area contributed by atoms with E-state index in [1.54, 1.807) is 0 Å². The second-order valence-electron chi connectivity index (χ2n) is 4.15. The Balaban J connectivity index is 2.89. The fourth-order valence-electron chi connectivity index (χ4n) is 1.74. The van der Waals surface area contributed by atoms with Crippen LogP contribution in [-0.2, 0) is 0 Å². The van der Waals surface area contributed by atoms with Gasteiger partial charge < -0.3 is 17.7 Å². The topological polar surface area (TPSA) is 9.23 Å². The van der Waals surface area contributed by atoms with E-state index in [1.807, 2.05) is 13.8 Å². The van der Waals surface area contributed by atoms with Crippen LogP contribution in [0.2, 0.25) is 0 Å². The maximum absolute atomic E-state index is 12.6. The lowest BCUT2D eigenvalue weighted by Gasteiger charge is -2.20. The Kier molecular flexibility index (Phi) is 4.49. The molecule has 1 rings (SSSR count). The molecule has 17 heavy (non-hydrogen) atoms. The molecule has 1 nitrogen and oxygen atoms in total. The van der Waals surface area contributed by atoms with E-state index in [0.717, 1.165) is 18.9 Å². The molecule has 0 N–H and O–H groups in total. The molecule has 5 heteroatoms. The van der Waals surface area contributed by atoms with Crippen molar-refractivity contribution in [1.82, 2.24) is 0 Å². The lowest BCUT2D eigenvalue weighted by molar-refractivity contribution is 0.193. The maximum atomic E-state index is 12.6. The molecular formula is C12H17BF3O-. The summed E-state index contributed by atoms with van der Waals surface area (Å²) in [5.74, 6) is 0.514. The maximum Gasteiger partial charge on any atom is 0.509 e. The Morgan fingerprint density at radius 2 is 1.76 bits per heavy atom. The van der Waals surface area contributed by atoms with E-state index in [1.165, 1.54) is 19.1 Å². The minimum atomic E-state index is -4.93. The quantitative estimate of drug-likeness (QED) is 0.720. The first-order chi connectivity index (χ1) is 7.88. The number of halogens is 3. The molecule has 0 saturated heterocycles. The number of ether oxygens (including phenoxy) is 1. The van der Waals surface area contributed by atoms with Gasteiger partial charge in [-0.15, -0.1) is 5.46 Å². The van der Waals surface area contributed by atoms with Crippen molar-refractivity contribution >= 4 is 12.4 Å². The summed E-state index contributed by atoms with van der Waals surface area (Å²) in [5, 5.41) is 0. The number of hydrogen-bond donors (Lipinski definition) is 0. The van der Waals surface area contributed by atoms with Crippen molar-refractivity contribution in [1.29, 1.82) is 0 Å². The fourth-order valence-corrected chi connectivity index (χ4v) is 1.74. The van der Waals surface area contributed by atoms with Gasteiger partial charge in [0.15, 0.2) is 0 Å². The molecule has 0 bridgehead atoms. The summed E-state index contributed by atoms with van der Waals surface area (Å²) >= 11 is 0. The summed E-state index contributed by atoms with van der Waals surface area (Å²) < 4.78 is 43.4. The smallest absolute Gasteiger partial charge is 0.490 e. The van der Waals surface area contributed by atoms with Gasteiger partial charge in [-0.3, -0.25) is 0 Å². The first-order valence-electron chi connectivity index (χ1n) is 5.85. The predicted octanol–water partition coefficient (Wildman–Crippen LogP) is 3.62. The standard InChI is InChI=1S/C12H17BF3O/c1-4-10(5-2)17-11-6-7-12(9(3)8-11)13(14,15)16/h6-8,10H,4-5H2,1-3H3/q-1. The van der Waals surface area contributed by atoms with Crippen molar-refractivity contribution in [3.8, 4) is 5.75 Å². The highest BCUT2D eigenvalue weighted by Gasteiger charge is 2.27. The third kappa shape index (κ3) is 3.68. The van der Waals surface area contributed by atoms with Crippen molar-refractivity contribution in [3.05, 3.63) is 23.8 Å². The van der Waals surface area contributed by atoms with Crippen molar-refractivity contribution in [2.45, 2.75) is 39.7 Å². The van der Waals surface area contributed by atoms with Crippen LogP contribution in [0, 0.1) is 6.92 Å². The van der Waals surface area contributed by atoms with E-state index in [9.17, 15) is 12.9 Å². The van der Waals surface area contributed by atoms with Gasteiger partial charge in [0.05, 0.1) is 6.10 Å². The number of aryl methyl sites for hydroxylation is 1. The average Bonchev–Trinajstić information content (AvgIpc) is 2.24. The summed E-state index contributed by atoms with van der Waals surface area (Å²) in [6.45, 7) is 0.519. The molecule has 0 spiro atoms. The molecule has 0 heterocycles. The second-order valence-corrected chi connectivity index (χ2v) is 4.15. The van der Waals surface area contributed by atoms with E-state index in [2.05, 4.69) is 0 Å². The van der Waals surface area contributed by atoms with Crippen molar-refractivity contribution in [2.24, 2.45) is 0 Å². The molecule has 0 unspecified atom stereocenters. The lowest BCUT2D eigenvalue weighted by atomic mass is 9.77. The largest absolute Gasteiger partial charge is 0.509 e. The van der Waals surface area contributed by atoms with Gasteiger partial charge in [-0.25, -0.2) is 0 Å². The van der Waals surface area contributed by atoms with Crippen molar-refractivity contribution in [3.63, 3.8) is 0 Å². The Morgan fingerprint density at radius 3 is 2.18 bits per heavy atom. The number of hydrogen-bond acceptors (Lipinski definition) is 1. The van der Waals surface area contributed by atoms with Crippen LogP contribution in [0.5, 0.6) is 5.75 Å². The molecule has 1 aromatic carbocycles. The summed E-state index contributed by atoms with van der Waals surface area (Å²) in [7, 11) is 0. The molecular weight excluding hydrogens is 228 g/mol. The highest BCUT2D eigenvalue weighted by molar-refractivity contribution is 6.74. The van der Waals surface area contributed by atoms with E-state index >= 15 is 0 Å². The Hall–Kier alpha value is -1.13. The van der Waals surface area contributed by atoms with Gasteiger partial charge in [-0.2, -0.15) is 0 Å². The van der Waals surface area contributed by atoms with Crippen LogP contribution >= 0.6 is 0 Å². The number of rotatable bonds is 5. The summed E-state index contributed by atoms with van der Waals surface area (Å²) in [6, 6.07) is 3.96. The Morgan fingerprint density at radius 1 is 1.18 bits per heavy atom. The third-order valence-electron chi connectivity index (χ3n) is 2.81. The molecule has 0 saturated carbocycles. The average molecular weight is 245 g/mol. The van der Waals surface area contributed by atoms with E-state index in [-0.39, 0.29) is 11.7 Å². The molecule has 0 aliphatic heterocycles. The third-order valence-corrected chi connectivity index (χ3v) is 2.81. The second kappa shape index (κ2) is 5.47. The van der Waals surface area contributed by atoms with Gasteiger partial charge in [-0.1, -0.05) is 25.5 Å². The van der Waals surface area contributed by atoms with Gasteiger partial charge >= 0.3 is 6.98 Å². The fraction of sp³-hybridized carbons (Fsp3) is 0.500. The van der Waals surface area contributed by atoms with E-state index < -0.39 is 12.4 Å². The minimum absolute atomic E-state index is 0.0663. The van der Waals surface area contributed by atoms with Crippen molar-refractivity contribution in [2.75, 3.05) is 0 Å². The van der Waals surface area contributed by atoms with Crippen LogP contribution in [0.3, 0.4) is 0 Å². The molecule has 0 fully saturated rings. The molecule has 0 amide bonds. The molecule has 1 aromatic rings. The first-order valence-corrected chi connectivity index (χ1v) is 5.85. The summed E-state index contributed by atoms with van der Waals surface area (Å²) in [5.41, 5.74) is -0.317. The van der Waals surface area contributed by atoms with Crippen LogP contribution in [0.25, 0.3) is 0 Å². The van der Waals surface area contributed by atoms with Gasteiger partial charge in [0.25, 0.3) is 0 Å². The summed E-state index contributed by atoms with van der Waals surface area (Å²) in [6.07, 6.45) is 1.76. The minimum Gasteiger partial charge on any atom is -0.490 e. The zero-order valence-corrected chi connectivity index (χ0v) is 10.3. The predicted molar refractivity (Wildman–Crippen MR) is 64.9 cm³/mol. The molecule has 0 radical (unpaired) electrons. The number of benzene rings is 1. The van der Waals surface area contributed by atoms with Gasteiger partial charge in [0.2, 0.25) is 0 Å². The van der Waals surface area contributed by atoms with Crippen molar-refractivity contribution < 1.29 is 17.7 Å². The monoisotopic (exact) mass is 245 g/mol. The Bertz CT molecular complexity index is 373. The van der Waals surface area contributed by atoms with Crippen LogP contribution in [0.1, 0.15) is 32.3 Å². The SMILES string of the molecule is CCC(CC)Oc1ccc([B-](F)(F)F)c(C)c1. The van der Waals surface area contributed by atoms with Gasteiger partial charge in [0, 0.05) is 0 Å². The first kappa shape index (κ1) is 13.9. The van der Waals surface area contributed by atoms with Gasteiger partial charge in [-0.05, 0) is 31.9 Å². The zero-order chi connectivity index (χ0) is 13.1. The zero-order valence-electron chi connectivity index (χ0n) is 10.3. The molecule has 0 aliphatic rings. The molecule has 96 valence electrons. The normalized spacial score (nSPS) is 11.9. The van der Waals surface area contributed by atoms with E-state index in [0.29, 0.717) is 5.75 Å². The summed E-state index contributed by atoms with van der Waals surface area (Å²) in [4.78, 5) is 0. The van der Waals surface area contributed by atoms with E-state index in [4.69, 9.17) is 4.74 Å². The molecule has 0 aliphatic carbocycles. The van der Waals surface area contributed by atoms with Crippen LogP contribution in [0.15, 0.2) is 18.2 Å². The van der Waals surface area contributed by atoms with Crippen LogP contribution < -0.4 is 10.2 Å². The lowest BCUT2D eigenvalue weighted by Crippen LogP contribution is -2.36.